The highest BCUT2D eigenvalue weighted by Crippen LogP contribution is 2.36. The van der Waals surface area contributed by atoms with Crippen LogP contribution in [-0.4, -0.2) is 30.4 Å². The molecule has 42 heavy (non-hydrogen) atoms. The van der Waals surface area contributed by atoms with E-state index in [1.54, 1.807) is 62.4 Å². The number of rotatable bonds is 9. The van der Waals surface area contributed by atoms with E-state index in [2.05, 4.69) is 4.99 Å². The van der Waals surface area contributed by atoms with Crippen molar-refractivity contribution >= 4 is 46.6 Å². The second-order valence-electron chi connectivity index (χ2n) is 9.20. The van der Waals surface area contributed by atoms with E-state index in [1.165, 1.54) is 15.9 Å². The Labute approximate surface area is 256 Å². The van der Waals surface area contributed by atoms with Gasteiger partial charge in [-0.3, -0.25) is 9.36 Å². The molecular weight excluding hydrogens is 599 g/mol. The maximum Gasteiger partial charge on any atom is 0.338 e. The zero-order valence-corrected chi connectivity index (χ0v) is 25.7. The van der Waals surface area contributed by atoms with Gasteiger partial charge < -0.3 is 18.6 Å². The Morgan fingerprint density at radius 2 is 1.79 bits per heavy atom. The number of aromatic nitrogens is 1. The third-order valence-electron chi connectivity index (χ3n) is 6.49. The Kier molecular flexibility index (Phi) is 8.91. The molecule has 4 aromatic rings. The first-order valence-electron chi connectivity index (χ1n) is 13.4. The highest BCUT2D eigenvalue weighted by Gasteiger charge is 2.34. The molecule has 2 aromatic carbocycles. The summed E-state index contributed by atoms with van der Waals surface area (Å²) in [5, 5.41) is 1.01. The van der Waals surface area contributed by atoms with E-state index in [9.17, 15) is 9.59 Å². The molecule has 0 spiro atoms. The van der Waals surface area contributed by atoms with Crippen LogP contribution in [0.4, 0.5) is 0 Å². The van der Waals surface area contributed by atoms with Gasteiger partial charge in [-0.25, -0.2) is 9.79 Å². The lowest BCUT2D eigenvalue weighted by atomic mass is 9.95. The molecule has 1 aliphatic heterocycles. The minimum absolute atomic E-state index is 0.178. The predicted octanol–water partition coefficient (Wildman–Crippen LogP) is 6.16. The summed E-state index contributed by atoms with van der Waals surface area (Å²) in [7, 11) is 0. The van der Waals surface area contributed by atoms with Gasteiger partial charge in [0.05, 0.1) is 46.7 Å². The van der Waals surface area contributed by atoms with Crippen LogP contribution in [0.3, 0.4) is 0 Å². The van der Waals surface area contributed by atoms with Gasteiger partial charge in [-0.15, -0.1) is 0 Å². The fourth-order valence-electron chi connectivity index (χ4n) is 4.74. The molecule has 0 aliphatic carbocycles. The number of benzene rings is 2. The van der Waals surface area contributed by atoms with Crippen molar-refractivity contribution in [3.05, 3.63) is 101 Å². The normalized spacial score (nSPS) is 14.9. The molecule has 0 N–H and O–H groups in total. The van der Waals surface area contributed by atoms with Gasteiger partial charge in [0.15, 0.2) is 16.3 Å². The number of fused-ring (bicyclic) bond motifs is 1. The smallest absolute Gasteiger partial charge is 0.338 e. The van der Waals surface area contributed by atoms with E-state index in [-0.39, 0.29) is 17.7 Å². The molecular formula is C31H28Cl2N2O6S. The van der Waals surface area contributed by atoms with Gasteiger partial charge in [0.25, 0.3) is 5.56 Å². The average molecular weight is 628 g/mol. The summed E-state index contributed by atoms with van der Waals surface area (Å²) in [6.07, 6.45) is 1.65. The first kappa shape index (κ1) is 29.7. The molecule has 0 saturated carbocycles. The van der Waals surface area contributed by atoms with Crippen LogP contribution in [0.15, 0.2) is 74.0 Å². The summed E-state index contributed by atoms with van der Waals surface area (Å²) >= 11 is 13.7. The van der Waals surface area contributed by atoms with E-state index in [1.807, 2.05) is 19.9 Å². The summed E-state index contributed by atoms with van der Waals surface area (Å²) in [6.45, 7) is 8.28. The molecule has 1 atom stereocenters. The number of hydrogen-bond donors (Lipinski definition) is 0. The number of esters is 1. The average Bonchev–Trinajstić information content (AvgIpc) is 3.54. The van der Waals surface area contributed by atoms with Crippen molar-refractivity contribution in [3.8, 4) is 22.8 Å². The molecule has 0 amide bonds. The fourth-order valence-corrected chi connectivity index (χ4v) is 6.14. The van der Waals surface area contributed by atoms with Crippen molar-refractivity contribution in [1.82, 2.24) is 4.57 Å². The highest BCUT2D eigenvalue weighted by atomic mass is 35.5. The van der Waals surface area contributed by atoms with Gasteiger partial charge in [0.1, 0.15) is 11.5 Å². The van der Waals surface area contributed by atoms with Crippen LogP contribution in [0.25, 0.3) is 17.4 Å². The number of carbonyl (C=O) groups is 1. The SMILES string of the molecule is CCOC(=O)C1=C(C)N=c2s/c(=C\c3ccc(-c4cc(Cl)ccc4Cl)o3)c(=O)n2[C@H]1c1ccc(OCC)c(OCC)c1. The number of furan rings is 1. The first-order chi connectivity index (χ1) is 20.2. The Hall–Kier alpha value is -3.79. The highest BCUT2D eigenvalue weighted by molar-refractivity contribution is 7.07. The van der Waals surface area contributed by atoms with Crippen LogP contribution >= 0.6 is 34.5 Å². The second kappa shape index (κ2) is 12.6. The van der Waals surface area contributed by atoms with E-state index >= 15 is 0 Å². The summed E-state index contributed by atoms with van der Waals surface area (Å²) in [5.41, 5.74) is 1.71. The first-order valence-corrected chi connectivity index (χ1v) is 15.0. The number of thiazole rings is 1. The standard InChI is InChI=1S/C31H28Cl2N2O6S/c1-5-38-24-12-8-18(14-25(24)39-6-2)28-27(30(37)40-7-3)17(4)34-31-35(28)29(36)26(42-31)16-20-10-13-23(41-20)21-15-19(32)9-11-22(21)33/h8-16,28H,5-7H2,1-4H3/b26-16-/t28-/m0/s1. The molecule has 1 aliphatic rings. The van der Waals surface area contributed by atoms with E-state index in [4.69, 9.17) is 41.8 Å². The van der Waals surface area contributed by atoms with Gasteiger partial charge in [-0.1, -0.05) is 40.6 Å². The molecule has 0 unspecified atom stereocenters. The molecule has 8 nitrogen and oxygen atoms in total. The lowest BCUT2D eigenvalue weighted by Gasteiger charge is -2.25. The Bertz CT molecular complexity index is 1870. The van der Waals surface area contributed by atoms with Gasteiger partial charge in [0, 0.05) is 16.7 Å². The third kappa shape index (κ3) is 5.77. The largest absolute Gasteiger partial charge is 0.490 e. The Morgan fingerprint density at radius 3 is 2.52 bits per heavy atom. The summed E-state index contributed by atoms with van der Waals surface area (Å²) in [6, 6.07) is 13.2. The van der Waals surface area contributed by atoms with Crippen LogP contribution in [0.1, 0.15) is 45.1 Å². The molecule has 11 heteroatoms. The van der Waals surface area contributed by atoms with Crippen molar-refractivity contribution in [2.45, 2.75) is 33.7 Å². The summed E-state index contributed by atoms with van der Waals surface area (Å²) in [5.74, 6) is 1.50. The predicted molar refractivity (Wildman–Crippen MR) is 163 cm³/mol. The molecule has 0 radical (unpaired) electrons. The van der Waals surface area contributed by atoms with Gasteiger partial charge in [-0.05, 0) is 75.7 Å². The van der Waals surface area contributed by atoms with E-state index in [0.29, 0.717) is 72.4 Å². The summed E-state index contributed by atoms with van der Waals surface area (Å²) < 4.78 is 24.9. The number of hydrogen-bond acceptors (Lipinski definition) is 8. The third-order valence-corrected chi connectivity index (χ3v) is 8.04. The molecule has 0 bridgehead atoms. The van der Waals surface area contributed by atoms with Crippen molar-refractivity contribution in [2.24, 2.45) is 4.99 Å². The van der Waals surface area contributed by atoms with Crippen LogP contribution in [0.2, 0.25) is 10.0 Å². The van der Waals surface area contributed by atoms with Crippen molar-refractivity contribution in [1.29, 1.82) is 0 Å². The van der Waals surface area contributed by atoms with Crippen LogP contribution in [0, 0.1) is 0 Å². The van der Waals surface area contributed by atoms with Crippen molar-refractivity contribution in [2.75, 3.05) is 19.8 Å². The molecule has 2 aromatic heterocycles. The van der Waals surface area contributed by atoms with Crippen molar-refractivity contribution < 1.29 is 23.4 Å². The van der Waals surface area contributed by atoms with Crippen molar-refractivity contribution in [3.63, 3.8) is 0 Å². The number of carbonyl (C=O) groups excluding carboxylic acids is 1. The maximum absolute atomic E-state index is 14.0. The number of ether oxygens (including phenoxy) is 3. The molecule has 5 rings (SSSR count). The van der Waals surface area contributed by atoms with Gasteiger partial charge in [0.2, 0.25) is 0 Å². The zero-order chi connectivity index (χ0) is 30.0. The molecule has 0 fully saturated rings. The Balaban J connectivity index is 1.65. The lowest BCUT2D eigenvalue weighted by Crippen LogP contribution is -2.40. The Morgan fingerprint density at radius 1 is 1.02 bits per heavy atom. The molecule has 3 heterocycles. The van der Waals surface area contributed by atoms with E-state index < -0.39 is 12.0 Å². The maximum atomic E-state index is 14.0. The topological polar surface area (TPSA) is 92.3 Å². The van der Waals surface area contributed by atoms with E-state index in [0.717, 1.165) is 0 Å². The minimum atomic E-state index is -0.797. The number of halogens is 2. The lowest BCUT2D eigenvalue weighted by molar-refractivity contribution is -0.139. The molecule has 218 valence electrons. The fraction of sp³-hybridized carbons (Fsp3) is 0.258. The molecule has 0 saturated heterocycles. The van der Waals surface area contributed by atoms with Crippen LogP contribution < -0.4 is 24.4 Å². The zero-order valence-electron chi connectivity index (χ0n) is 23.4. The monoisotopic (exact) mass is 626 g/mol. The van der Waals surface area contributed by atoms with Gasteiger partial charge >= 0.3 is 5.97 Å². The van der Waals surface area contributed by atoms with Gasteiger partial charge in [-0.2, -0.15) is 0 Å². The summed E-state index contributed by atoms with van der Waals surface area (Å²) in [4.78, 5) is 32.3. The number of nitrogens with zero attached hydrogens (tertiary/aromatic N) is 2. The van der Waals surface area contributed by atoms with Crippen LogP contribution in [0.5, 0.6) is 11.5 Å². The van der Waals surface area contributed by atoms with Crippen LogP contribution in [-0.2, 0) is 9.53 Å². The second-order valence-corrected chi connectivity index (χ2v) is 11.1. The number of allylic oxidation sites excluding steroid dienone is 1. The quantitative estimate of drug-likeness (QED) is 0.207. The minimum Gasteiger partial charge on any atom is -0.490 e.